The summed E-state index contributed by atoms with van der Waals surface area (Å²) >= 11 is 5.91. The standard InChI is InChI=1S/C17H17ClFNO2S/c1-12-2-5-14(18)10-16(12)23(21,22)20-11-17(8-9-17)13-3-6-15(19)7-4-13/h2-7,10,20H,8-9,11H2,1H3. The average molecular weight is 354 g/mol. The van der Waals surface area contributed by atoms with Gasteiger partial charge in [0.1, 0.15) is 5.82 Å². The van der Waals surface area contributed by atoms with Gasteiger partial charge >= 0.3 is 0 Å². The van der Waals surface area contributed by atoms with Gasteiger partial charge in [-0.2, -0.15) is 0 Å². The average Bonchev–Trinajstić information content (AvgIpc) is 3.30. The number of benzene rings is 2. The Balaban J connectivity index is 1.79. The van der Waals surface area contributed by atoms with Crippen molar-refractivity contribution in [2.75, 3.05) is 6.54 Å². The van der Waals surface area contributed by atoms with Crippen molar-refractivity contribution >= 4 is 21.6 Å². The highest BCUT2D eigenvalue weighted by atomic mass is 35.5. The van der Waals surface area contributed by atoms with Crippen molar-refractivity contribution in [3.8, 4) is 0 Å². The van der Waals surface area contributed by atoms with Crippen molar-refractivity contribution < 1.29 is 12.8 Å². The molecule has 23 heavy (non-hydrogen) atoms. The van der Waals surface area contributed by atoms with Gasteiger partial charge in [0.15, 0.2) is 0 Å². The van der Waals surface area contributed by atoms with Crippen molar-refractivity contribution in [3.63, 3.8) is 0 Å². The van der Waals surface area contributed by atoms with E-state index in [1.165, 1.54) is 18.2 Å². The zero-order valence-corrected chi connectivity index (χ0v) is 14.2. The maximum Gasteiger partial charge on any atom is 0.240 e. The molecule has 0 radical (unpaired) electrons. The predicted molar refractivity (Wildman–Crippen MR) is 88.7 cm³/mol. The lowest BCUT2D eigenvalue weighted by Crippen LogP contribution is -2.32. The third-order valence-electron chi connectivity index (χ3n) is 4.35. The van der Waals surface area contributed by atoms with Crippen LogP contribution in [0.2, 0.25) is 5.02 Å². The zero-order chi connectivity index (χ0) is 16.7. The van der Waals surface area contributed by atoms with Gasteiger partial charge < -0.3 is 0 Å². The minimum atomic E-state index is -3.63. The number of aryl methyl sites for hydroxylation is 1. The van der Waals surface area contributed by atoms with Gasteiger partial charge in [0.05, 0.1) is 4.90 Å². The van der Waals surface area contributed by atoms with E-state index < -0.39 is 10.0 Å². The lowest BCUT2D eigenvalue weighted by atomic mass is 9.96. The molecule has 0 bridgehead atoms. The normalized spacial score (nSPS) is 16.3. The van der Waals surface area contributed by atoms with Gasteiger partial charge in [0.25, 0.3) is 0 Å². The van der Waals surface area contributed by atoms with Gasteiger partial charge in [-0.3, -0.25) is 0 Å². The van der Waals surface area contributed by atoms with Crippen LogP contribution in [0.5, 0.6) is 0 Å². The van der Waals surface area contributed by atoms with E-state index in [9.17, 15) is 12.8 Å². The Morgan fingerprint density at radius 2 is 1.83 bits per heavy atom. The van der Waals surface area contributed by atoms with E-state index in [4.69, 9.17) is 11.6 Å². The molecular weight excluding hydrogens is 337 g/mol. The van der Waals surface area contributed by atoms with Crippen LogP contribution in [-0.2, 0) is 15.4 Å². The van der Waals surface area contributed by atoms with Crippen LogP contribution in [0.15, 0.2) is 47.4 Å². The second kappa shape index (κ2) is 5.89. The first-order chi connectivity index (χ1) is 10.8. The molecule has 1 aliphatic carbocycles. The SMILES string of the molecule is Cc1ccc(Cl)cc1S(=O)(=O)NCC1(c2ccc(F)cc2)CC1. The number of rotatable bonds is 5. The lowest BCUT2D eigenvalue weighted by Gasteiger charge is -2.17. The third-order valence-corrected chi connectivity index (χ3v) is 6.13. The number of sulfonamides is 1. The Hall–Kier alpha value is -1.43. The second-order valence-corrected chi connectivity index (χ2v) is 8.19. The third kappa shape index (κ3) is 3.42. The van der Waals surface area contributed by atoms with E-state index in [2.05, 4.69) is 4.72 Å². The van der Waals surface area contributed by atoms with E-state index in [1.54, 1.807) is 31.2 Å². The van der Waals surface area contributed by atoms with Gasteiger partial charge in [-0.15, -0.1) is 0 Å². The van der Waals surface area contributed by atoms with Crippen molar-refractivity contribution in [2.45, 2.75) is 30.1 Å². The Morgan fingerprint density at radius 3 is 2.43 bits per heavy atom. The summed E-state index contributed by atoms with van der Waals surface area (Å²) in [5.74, 6) is -0.292. The van der Waals surface area contributed by atoms with Crippen molar-refractivity contribution in [1.29, 1.82) is 0 Å². The molecule has 2 aromatic carbocycles. The highest BCUT2D eigenvalue weighted by Crippen LogP contribution is 2.47. The molecule has 1 N–H and O–H groups in total. The summed E-state index contributed by atoms with van der Waals surface area (Å²) in [5.41, 5.74) is 1.38. The van der Waals surface area contributed by atoms with Gasteiger partial charge in [-0.05, 0) is 55.2 Å². The zero-order valence-electron chi connectivity index (χ0n) is 12.6. The molecular formula is C17H17ClFNO2S. The van der Waals surface area contributed by atoms with E-state index >= 15 is 0 Å². The maximum absolute atomic E-state index is 13.0. The first-order valence-electron chi connectivity index (χ1n) is 7.34. The van der Waals surface area contributed by atoms with Crippen LogP contribution in [0.3, 0.4) is 0 Å². The topological polar surface area (TPSA) is 46.2 Å². The molecule has 1 fully saturated rings. The molecule has 3 nitrogen and oxygen atoms in total. The molecule has 1 saturated carbocycles. The quantitative estimate of drug-likeness (QED) is 0.888. The van der Waals surface area contributed by atoms with E-state index in [1.807, 2.05) is 0 Å². The first-order valence-corrected chi connectivity index (χ1v) is 9.20. The largest absolute Gasteiger partial charge is 0.240 e. The summed E-state index contributed by atoms with van der Waals surface area (Å²) < 4.78 is 40.8. The molecule has 0 heterocycles. The number of nitrogens with one attached hydrogen (secondary N) is 1. The fraction of sp³-hybridized carbons (Fsp3) is 0.294. The molecule has 0 aromatic heterocycles. The Bertz CT molecular complexity index is 830. The molecule has 122 valence electrons. The van der Waals surface area contributed by atoms with Crippen LogP contribution in [0, 0.1) is 12.7 Å². The molecule has 0 unspecified atom stereocenters. The van der Waals surface area contributed by atoms with Crippen LogP contribution in [0.25, 0.3) is 0 Å². The molecule has 3 rings (SSSR count). The molecule has 0 saturated heterocycles. The Labute approximate surface area is 140 Å². The number of halogens is 2. The van der Waals surface area contributed by atoms with Crippen molar-refractivity contribution in [3.05, 3.63) is 64.4 Å². The van der Waals surface area contributed by atoms with Gasteiger partial charge in [0, 0.05) is 17.0 Å². The fourth-order valence-corrected chi connectivity index (χ4v) is 4.33. The van der Waals surface area contributed by atoms with Crippen LogP contribution >= 0.6 is 11.6 Å². The number of hydrogen-bond donors (Lipinski definition) is 1. The predicted octanol–water partition coefficient (Wildman–Crippen LogP) is 3.80. The van der Waals surface area contributed by atoms with E-state index in [0.29, 0.717) is 17.1 Å². The summed E-state index contributed by atoms with van der Waals surface area (Å²) in [6, 6.07) is 11.1. The molecule has 0 aliphatic heterocycles. The van der Waals surface area contributed by atoms with Gasteiger partial charge in [0.2, 0.25) is 10.0 Å². The van der Waals surface area contributed by atoms with Crippen LogP contribution in [0.4, 0.5) is 4.39 Å². The van der Waals surface area contributed by atoms with Crippen molar-refractivity contribution in [2.24, 2.45) is 0 Å². The summed E-state index contributed by atoms with van der Waals surface area (Å²) in [5, 5.41) is 0.385. The maximum atomic E-state index is 13.0. The summed E-state index contributed by atoms with van der Waals surface area (Å²) in [6.07, 6.45) is 1.77. The lowest BCUT2D eigenvalue weighted by molar-refractivity contribution is 0.565. The van der Waals surface area contributed by atoms with Gasteiger partial charge in [-0.1, -0.05) is 29.8 Å². The van der Waals surface area contributed by atoms with Crippen LogP contribution < -0.4 is 4.72 Å². The first kappa shape index (κ1) is 16.4. The van der Waals surface area contributed by atoms with Crippen LogP contribution in [0.1, 0.15) is 24.0 Å². The molecule has 6 heteroatoms. The van der Waals surface area contributed by atoms with Gasteiger partial charge in [-0.25, -0.2) is 17.5 Å². The Kier molecular flexibility index (Phi) is 4.21. The summed E-state index contributed by atoms with van der Waals surface area (Å²) in [6.45, 7) is 2.03. The second-order valence-electron chi connectivity index (χ2n) is 6.02. The molecule has 0 amide bonds. The molecule has 2 aromatic rings. The molecule has 1 aliphatic rings. The minimum absolute atomic E-state index is 0.194. The smallest absolute Gasteiger partial charge is 0.210 e. The highest BCUT2D eigenvalue weighted by molar-refractivity contribution is 7.89. The van der Waals surface area contributed by atoms with Crippen molar-refractivity contribution in [1.82, 2.24) is 4.72 Å². The minimum Gasteiger partial charge on any atom is -0.210 e. The highest BCUT2D eigenvalue weighted by Gasteiger charge is 2.44. The molecule has 0 spiro atoms. The van der Waals surface area contributed by atoms with E-state index in [-0.39, 0.29) is 16.1 Å². The Morgan fingerprint density at radius 1 is 1.17 bits per heavy atom. The fourth-order valence-electron chi connectivity index (χ4n) is 2.70. The number of hydrogen-bond acceptors (Lipinski definition) is 2. The monoisotopic (exact) mass is 353 g/mol. The molecule has 0 atom stereocenters. The van der Waals surface area contributed by atoms with E-state index in [0.717, 1.165) is 18.4 Å². The summed E-state index contributed by atoms with van der Waals surface area (Å²) in [7, 11) is -3.63. The van der Waals surface area contributed by atoms with Crippen LogP contribution in [-0.4, -0.2) is 15.0 Å². The summed E-state index contributed by atoms with van der Waals surface area (Å²) in [4.78, 5) is 0.194.